The topological polar surface area (TPSA) is 125 Å². The van der Waals surface area contributed by atoms with Gasteiger partial charge >= 0.3 is 5.97 Å². The van der Waals surface area contributed by atoms with Crippen LogP contribution in [0.4, 0.5) is 0 Å². The normalized spacial score (nSPS) is 17.4. The first-order valence-electron chi connectivity index (χ1n) is 9.53. The van der Waals surface area contributed by atoms with Gasteiger partial charge in [0, 0.05) is 30.0 Å². The molecule has 0 saturated heterocycles. The highest BCUT2D eigenvalue weighted by atomic mass is 16.5. The molecule has 154 valence electrons. The number of carbonyl (C=O) groups is 2. The van der Waals surface area contributed by atoms with E-state index < -0.39 is 12.0 Å². The number of hydrazine groups is 1. The Kier molecular flexibility index (Phi) is 7.39. The van der Waals surface area contributed by atoms with Crippen LogP contribution >= 0.6 is 0 Å². The van der Waals surface area contributed by atoms with E-state index in [1.54, 1.807) is 0 Å². The van der Waals surface area contributed by atoms with Crippen LogP contribution in [0.1, 0.15) is 49.1 Å². The number of fused-ring (bicyclic) bond motifs is 2. The predicted octanol–water partition coefficient (Wildman–Crippen LogP) is 2.32. The number of hydrogen-bond donors (Lipinski definition) is 3. The number of carbonyl (C=O) groups excluding carboxylic acids is 2. The van der Waals surface area contributed by atoms with Crippen LogP contribution in [0.3, 0.4) is 0 Å². The van der Waals surface area contributed by atoms with Crippen molar-refractivity contribution in [3.63, 3.8) is 0 Å². The minimum atomic E-state index is -0.566. The Bertz CT molecular complexity index is 924. The van der Waals surface area contributed by atoms with Crippen LogP contribution in [-0.2, 0) is 20.7 Å². The smallest absolute Gasteiger partial charge is 0.303 e. The lowest BCUT2D eigenvalue weighted by Crippen LogP contribution is -2.39. The van der Waals surface area contributed by atoms with Crippen molar-refractivity contribution < 1.29 is 14.3 Å². The molecule has 3 rings (SSSR count). The molecule has 0 saturated carbocycles. The van der Waals surface area contributed by atoms with Gasteiger partial charge < -0.3 is 16.2 Å². The van der Waals surface area contributed by atoms with Crippen molar-refractivity contribution in [3.05, 3.63) is 70.8 Å². The largest absolute Gasteiger partial charge is 0.457 e. The summed E-state index contributed by atoms with van der Waals surface area (Å²) >= 11 is 0. The molecule has 1 atom stereocenters. The molecule has 1 aliphatic carbocycles. The Balaban J connectivity index is 0.00000145. The van der Waals surface area contributed by atoms with Crippen LogP contribution in [0.25, 0.3) is 11.4 Å². The van der Waals surface area contributed by atoms with Crippen LogP contribution < -0.4 is 17.3 Å². The summed E-state index contributed by atoms with van der Waals surface area (Å²) in [6.07, 6.45) is -0.0316. The summed E-state index contributed by atoms with van der Waals surface area (Å²) in [5.74, 6) is 5.22. The number of amides is 1. The molecule has 2 aromatic carbocycles. The van der Waals surface area contributed by atoms with Gasteiger partial charge in [-0.2, -0.15) is 0 Å². The molecular weight excluding hydrogens is 368 g/mol. The van der Waals surface area contributed by atoms with Gasteiger partial charge in [0.1, 0.15) is 12.6 Å². The van der Waals surface area contributed by atoms with Crippen molar-refractivity contribution in [1.82, 2.24) is 5.01 Å². The number of esters is 1. The summed E-state index contributed by atoms with van der Waals surface area (Å²) < 4.78 is 5.58. The van der Waals surface area contributed by atoms with Gasteiger partial charge in [-0.3, -0.25) is 14.6 Å². The third-order valence-electron chi connectivity index (χ3n) is 4.45. The molecule has 0 bridgehead atoms. The van der Waals surface area contributed by atoms with Crippen molar-refractivity contribution in [1.29, 1.82) is 0 Å². The van der Waals surface area contributed by atoms with Crippen molar-refractivity contribution >= 4 is 23.3 Å². The van der Waals surface area contributed by atoms with E-state index in [2.05, 4.69) is 0 Å². The first-order valence-corrected chi connectivity index (χ1v) is 9.53. The van der Waals surface area contributed by atoms with Gasteiger partial charge in [0.15, 0.2) is 0 Å². The van der Waals surface area contributed by atoms with E-state index >= 15 is 0 Å². The Labute approximate surface area is 171 Å². The number of ether oxygens (including phenoxy) is 1. The van der Waals surface area contributed by atoms with E-state index in [1.165, 1.54) is 11.9 Å². The fourth-order valence-electron chi connectivity index (χ4n) is 3.40. The van der Waals surface area contributed by atoms with Crippen LogP contribution in [0.5, 0.6) is 0 Å². The van der Waals surface area contributed by atoms with Gasteiger partial charge in [0.2, 0.25) is 5.91 Å². The molecule has 1 aliphatic rings. The Morgan fingerprint density at radius 3 is 2.28 bits per heavy atom. The average molecular weight is 396 g/mol. The predicted molar refractivity (Wildman–Crippen MR) is 114 cm³/mol. The summed E-state index contributed by atoms with van der Waals surface area (Å²) in [5.41, 5.74) is 15.9. The number of benzene rings is 2. The summed E-state index contributed by atoms with van der Waals surface area (Å²) in [6.45, 7) is 5.20. The number of nitrogens with two attached hydrogens (primary N) is 3. The average Bonchev–Trinajstić information content (AvgIpc) is 2.68. The highest BCUT2D eigenvalue weighted by molar-refractivity contribution is 5.92. The fraction of sp³-hybridized carbons (Fsp3) is 0.273. The number of rotatable bonds is 4. The molecule has 1 amide bonds. The van der Waals surface area contributed by atoms with Crippen LogP contribution in [0.2, 0.25) is 0 Å². The lowest BCUT2D eigenvalue weighted by atomic mass is 9.87. The third-order valence-corrected chi connectivity index (χ3v) is 4.45. The van der Waals surface area contributed by atoms with E-state index in [9.17, 15) is 9.59 Å². The molecule has 0 aliphatic heterocycles. The lowest BCUT2D eigenvalue weighted by Gasteiger charge is -2.30. The molecule has 7 nitrogen and oxygen atoms in total. The molecule has 0 fully saturated rings. The van der Waals surface area contributed by atoms with Crippen LogP contribution in [-0.4, -0.2) is 23.4 Å². The Hall–Kier alpha value is -3.32. The standard InChI is InChI=1S/C20H22N4O3.C2H6/c1-12(25)27-17-10-13-6-2-3-7-14(13)20(24(23)11-18(21)26)19(22)16-9-5-4-8-15(16)17;1-2/h2-9,17H,10-11,22-23H2,1H3,(H2,21,26);1-2H3/b20-19-;. The molecule has 0 heterocycles. The summed E-state index contributed by atoms with van der Waals surface area (Å²) in [4.78, 5) is 23.1. The fourth-order valence-corrected chi connectivity index (χ4v) is 3.40. The highest BCUT2D eigenvalue weighted by Crippen LogP contribution is 2.37. The van der Waals surface area contributed by atoms with Gasteiger partial charge in [0.25, 0.3) is 0 Å². The quantitative estimate of drug-likeness (QED) is 0.414. The van der Waals surface area contributed by atoms with Gasteiger partial charge in [-0.25, -0.2) is 5.84 Å². The van der Waals surface area contributed by atoms with E-state index in [4.69, 9.17) is 22.0 Å². The molecule has 6 N–H and O–H groups in total. The Morgan fingerprint density at radius 1 is 1.07 bits per heavy atom. The van der Waals surface area contributed by atoms with Crippen molar-refractivity contribution in [2.45, 2.75) is 33.3 Å². The monoisotopic (exact) mass is 396 g/mol. The van der Waals surface area contributed by atoms with Crippen LogP contribution in [0, 0.1) is 0 Å². The summed E-state index contributed by atoms with van der Waals surface area (Å²) in [6, 6.07) is 15.0. The zero-order valence-electron chi connectivity index (χ0n) is 17.0. The summed E-state index contributed by atoms with van der Waals surface area (Å²) in [7, 11) is 0. The second-order valence-corrected chi connectivity index (χ2v) is 6.40. The second kappa shape index (κ2) is 9.75. The molecule has 0 spiro atoms. The van der Waals surface area contributed by atoms with Gasteiger partial charge in [-0.15, -0.1) is 0 Å². The van der Waals surface area contributed by atoms with Crippen LogP contribution in [0.15, 0.2) is 48.5 Å². The first-order chi connectivity index (χ1) is 13.9. The lowest BCUT2D eigenvalue weighted by molar-refractivity contribution is -0.146. The third kappa shape index (κ3) is 4.94. The number of nitrogens with zero attached hydrogens (tertiary/aromatic N) is 1. The minimum Gasteiger partial charge on any atom is -0.457 e. The number of hydrogen-bond acceptors (Lipinski definition) is 6. The first kappa shape index (κ1) is 22.0. The van der Waals surface area contributed by atoms with E-state index in [-0.39, 0.29) is 12.5 Å². The van der Waals surface area contributed by atoms with Crippen molar-refractivity contribution in [2.24, 2.45) is 17.3 Å². The highest BCUT2D eigenvalue weighted by Gasteiger charge is 2.28. The number of primary amides is 1. The van der Waals surface area contributed by atoms with E-state index in [0.717, 1.165) is 16.7 Å². The zero-order valence-corrected chi connectivity index (χ0v) is 17.0. The summed E-state index contributed by atoms with van der Waals surface area (Å²) in [5, 5.41) is 1.26. The van der Waals surface area contributed by atoms with Gasteiger partial charge in [0.05, 0.1) is 11.4 Å². The zero-order chi connectivity index (χ0) is 21.6. The second-order valence-electron chi connectivity index (χ2n) is 6.40. The van der Waals surface area contributed by atoms with Gasteiger partial charge in [-0.1, -0.05) is 62.4 Å². The maximum atomic E-state index is 11.7. The Morgan fingerprint density at radius 2 is 1.66 bits per heavy atom. The van der Waals surface area contributed by atoms with Crippen molar-refractivity contribution in [2.75, 3.05) is 6.54 Å². The van der Waals surface area contributed by atoms with E-state index in [0.29, 0.717) is 23.4 Å². The van der Waals surface area contributed by atoms with Gasteiger partial charge in [-0.05, 0) is 5.56 Å². The molecule has 7 heteroatoms. The molecule has 0 aromatic heterocycles. The van der Waals surface area contributed by atoms with E-state index in [1.807, 2.05) is 62.4 Å². The molecular formula is C22H28N4O3. The molecule has 0 radical (unpaired) electrons. The molecule has 29 heavy (non-hydrogen) atoms. The SMILES string of the molecule is CC.CC(=O)OC1Cc2ccccc2/C(N(N)CC(N)=O)=C(/N)c2ccccc21. The maximum absolute atomic E-state index is 11.7. The maximum Gasteiger partial charge on any atom is 0.303 e. The molecule has 2 aromatic rings. The van der Waals surface area contributed by atoms with Crippen molar-refractivity contribution in [3.8, 4) is 0 Å². The molecule has 1 unspecified atom stereocenters. The minimum absolute atomic E-state index is 0.181.